The van der Waals surface area contributed by atoms with E-state index in [1.807, 2.05) is 25.1 Å². The second kappa shape index (κ2) is 5.22. The summed E-state index contributed by atoms with van der Waals surface area (Å²) in [4.78, 5) is 15.2. The van der Waals surface area contributed by atoms with Gasteiger partial charge in [0.2, 0.25) is 0 Å². The normalized spacial score (nSPS) is 11.6. The monoisotopic (exact) mass is 255 g/mol. The van der Waals surface area contributed by atoms with E-state index >= 15 is 0 Å². The molecular formula is C16H17NO2. The average molecular weight is 255 g/mol. The van der Waals surface area contributed by atoms with E-state index in [1.165, 1.54) is 11.6 Å². The zero-order valence-corrected chi connectivity index (χ0v) is 11.3. The number of carboxylic acids is 1. The molecule has 0 unspecified atom stereocenters. The molecule has 0 amide bonds. The van der Waals surface area contributed by atoms with Crippen LogP contribution in [-0.4, -0.2) is 16.1 Å². The van der Waals surface area contributed by atoms with Gasteiger partial charge in [-0.05, 0) is 36.1 Å². The Morgan fingerprint density at radius 1 is 1.37 bits per heavy atom. The molecule has 19 heavy (non-hydrogen) atoms. The van der Waals surface area contributed by atoms with Crippen LogP contribution in [0.1, 0.15) is 36.6 Å². The minimum atomic E-state index is -0.961. The van der Waals surface area contributed by atoms with Crippen LogP contribution < -0.4 is 0 Å². The van der Waals surface area contributed by atoms with Gasteiger partial charge >= 0.3 is 5.97 Å². The third-order valence-corrected chi connectivity index (χ3v) is 3.12. The van der Waals surface area contributed by atoms with Crippen LogP contribution in [0, 0.1) is 6.92 Å². The highest BCUT2D eigenvalue weighted by Gasteiger charge is 2.08. The Kier molecular flexibility index (Phi) is 3.65. The number of nitrogens with zero attached hydrogens (tertiary/aromatic N) is 1. The number of aromatic nitrogens is 1. The summed E-state index contributed by atoms with van der Waals surface area (Å²) in [5, 5.41) is 9.81. The van der Waals surface area contributed by atoms with Crippen LogP contribution in [0.5, 0.6) is 0 Å². The van der Waals surface area contributed by atoms with Crippen LogP contribution in [0.2, 0.25) is 0 Å². The molecule has 2 aromatic rings. The number of hydrogen-bond acceptors (Lipinski definition) is 2. The number of pyridine rings is 1. The van der Waals surface area contributed by atoms with Gasteiger partial charge in [-0.2, -0.15) is 0 Å². The summed E-state index contributed by atoms with van der Waals surface area (Å²) in [6, 6.07) is 8.07. The highest BCUT2D eigenvalue weighted by Crippen LogP contribution is 2.26. The molecule has 0 aliphatic carbocycles. The van der Waals surface area contributed by atoms with E-state index in [0.717, 1.165) is 22.5 Å². The van der Waals surface area contributed by atoms with Gasteiger partial charge in [0, 0.05) is 11.5 Å². The number of carboxylic acid groups (broad SMARTS) is 1. The third kappa shape index (κ3) is 2.81. The quantitative estimate of drug-likeness (QED) is 0.849. The molecule has 0 aliphatic heterocycles. The molecule has 2 rings (SSSR count). The SMILES string of the molecule is Cc1cc(/C=C/C(=O)O)nc2c(C(C)C)cccc12. The fourth-order valence-corrected chi connectivity index (χ4v) is 2.17. The number of hydrogen-bond donors (Lipinski definition) is 1. The molecule has 0 aliphatic rings. The van der Waals surface area contributed by atoms with E-state index in [4.69, 9.17) is 5.11 Å². The highest BCUT2D eigenvalue weighted by atomic mass is 16.4. The highest BCUT2D eigenvalue weighted by molar-refractivity contribution is 5.88. The molecule has 1 aromatic heterocycles. The summed E-state index contributed by atoms with van der Waals surface area (Å²) in [5.41, 5.74) is 3.94. The van der Waals surface area contributed by atoms with Gasteiger partial charge in [-0.15, -0.1) is 0 Å². The lowest BCUT2D eigenvalue weighted by Crippen LogP contribution is -1.95. The molecule has 0 radical (unpaired) electrons. The van der Waals surface area contributed by atoms with Gasteiger partial charge in [0.25, 0.3) is 0 Å². The predicted molar refractivity (Wildman–Crippen MR) is 77.2 cm³/mol. The zero-order chi connectivity index (χ0) is 14.0. The van der Waals surface area contributed by atoms with Crippen molar-refractivity contribution in [3.63, 3.8) is 0 Å². The topological polar surface area (TPSA) is 50.2 Å². The van der Waals surface area contributed by atoms with Crippen molar-refractivity contribution in [1.29, 1.82) is 0 Å². The molecule has 0 saturated heterocycles. The molecule has 3 heteroatoms. The van der Waals surface area contributed by atoms with E-state index in [1.54, 1.807) is 0 Å². The van der Waals surface area contributed by atoms with Crippen LogP contribution in [0.3, 0.4) is 0 Å². The minimum absolute atomic E-state index is 0.384. The Hall–Kier alpha value is -2.16. The van der Waals surface area contributed by atoms with E-state index < -0.39 is 5.97 Å². The molecule has 0 saturated carbocycles. The first-order valence-corrected chi connectivity index (χ1v) is 6.30. The Labute approximate surface area is 112 Å². The van der Waals surface area contributed by atoms with Crippen molar-refractivity contribution in [2.75, 3.05) is 0 Å². The molecular weight excluding hydrogens is 238 g/mol. The Morgan fingerprint density at radius 2 is 2.11 bits per heavy atom. The van der Waals surface area contributed by atoms with Gasteiger partial charge in [-0.25, -0.2) is 9.78 Å². The molecule has 0 atom stereocenters. The lowest BCUT2D eigenvalue weighted by atomic mass is 9.97. The molecule has 0 bridgehead atoms. The van der Waals surface area contributed by atoms with Gasteiger partial charge in [0.05, 0.1) is 11.2 Å². The van der Waals surface area contributed by atoms with Gasteiger partial charge in [-0.3, -0.25) is 0 Å². The summed E-state index contributed by atoms with van der Waals surface area (Å²) in [5.74, 6) is -0.578. The second-order valence-corrected chi connectivity index (χ2v) is 4.93. The fourth-order valence-electron chi connectivity index (χ4n) is 2.17. The third-order valence-electron chi connectivity index (χ3n) is 3.12. The van der Waals surface area contributed by atoms with Crippen LogP contribution in [0.4, 0.5) is 0 Å². The Bertz CT molecular complexity index is 657. The summed E-state index contributed by atoms with van der Waals surface area (Å²) in [6.07, 6.45) is 2.65. The van der Waals surface area contributed by atoms with Gasteiger partial charge in [0.15, 0.2) is 0 Å². The number of para-hydroxylation sites is 1. The number of rotatable bonds is 3. The summed E-state index contributed by atoms with van der Waals surface area (Å²) in [7, 11) is 0. The summed E-state index contributed by atoms with van der Waals surface area (Å²) >= 11 is 0. The van der Waals surface area contributed by atoms with Crippen molar-refractivity contribution in [2.45, 2.75) is 26.7 Å². The van der Waals surface area contributed by atoms with Crippen LogP contribution >= 0.6 is 0 Å². The maximum Gasteiger partial charge on any atom is 0.328 e. The van der Waals surface area contributed by atoms with Crippen LogP contribution in [0.15, 0.2) is 30.3 Å². The van der Waals surface area contributed by atoms with Crippen molar-refractivity contribution in [3.05, 3.63) is 47.2 Å². The number of aliphatic carboxylic acids is 1. The van der Waals surface area contributed by atoms with E-state index in [2.05, 4.69) is 24.9 Å². The summed E-state index contributed by atoms with van der Waals surface area (Å²) < 4.78 is 0. The second-order valence-electron chi connectivity index (χ2n) is 4.93. The molecule has 98 valence electrons. The smallest absolute Gasteiger partial charge is 0.328 e. The average Bonchev–Trinajstić information content (AvgIpc) is 2.35. The van der Waals surface area contributed by atoms with Crippen molar-refractivity contribution >= 4 is 22.9 Å². The minimum Gasteiger partial charge on any atom is -0.478 e. The van der Waals surface area contributed by atoms with E-state index in [-0.39, 0.29) is 0 Å². The first-order valence-electron chi connectivity index (χ1n) is 6.30. The standard InChI is InChI=1S/C16H17NO2/c1-10(2)13-5-4-6-14-11(3)9-12(17-16(13)14)7-8-15(18)19/h4-10H,1-3H3,(H,18,19)/b8-7+. The molecule has 0 spiro atoms. The lowest BCUT2D eigenvalue weighted by molar-refractivity contribution is -0.131. The van der Waals surface area contributed by atoms with Crippen LogP contribution in [0.25, 0.3) is 17.0 Å². The number of carbonyl (C=O) groups is 1. The Balaban J connectivity index is 2.66. The molecule has 0 fully saturated rings. The number of benzene rings is 1. The van der Waals surface area contributed by atoms with E-state index in [9.17, 15) is 4.79 Å². The maximum absolute atomic E-state index is 10.6. The van der Waals surface area contributed by atoms with Gasteiger partial charge in [-0.1, -0.05) is 32.0 Å². The van der Waals surface area contributed by atoms with Gasteiger partial charge < -0.3 is 5.11 Å². The molecule has 1 aromatic carbocycles. The molecule has 1 heterocycles. The summed E-state index contributed by atoms with van der Waals surface area (Å²) in [6.45, 7) is 6.28. The van der Waals surface area contributed by atoms with Gasteiger partial charge in [0.1, 0.15) is 0 Å². The lowest BCUT2D eigenvalue weighted by Gasteiger charge is -2.11. The molecule has 1 N–H and O–H groups in total. The largest absolute Gasteiger partial charge is 0.478 e. The fraction of sp³-hybridized carbons (Fsp3) is 0.250. The first kappa shape index (κ1) is 13.3. The zero-order valence-electron chi connectivity index (χ0n) is 11.3. The number of fused-ring (bicyclic) bond motifs is 1. The van der Waals surface area contributed by atoms with Crippen molar-refractivity contribution in [1.82, 2.24) is 4.98 Å². The molecule has 3 nitrogen and oxygen atoms in total. The van der Waals surface area contributed by atoms with E-state index in [0.29, 0.717) is 11.6 Å². The van der Waals surface area contributed by atoms with Crippen molar-refractivity contribution < 1.29 is 9.90 Å². The maximum atomic E-state index is 10.6. The first-order chi connectivity index (χ1) is 8.99. The predicted octanol–water partition coefficient (Wildman–Crippen LogP) is 3.76. The van der Waals surface area contributed by atoms with Crippen LogP contribution in [-0.2, 0) is 4.79 Å². The van der Waals surface area contributed by atoms with Crippen molar-refractivity contribution in [2.24, 2.45) is 0 Å². The number of aryl methyl sites for hydroxylation is 1. The Morgan fingerprint density at radius 3 is 2.74 bits per heavy atom. The van der Waals surface area contributed by atoms with Crippen molar-refractivity contribution in [3.8, 4) is 0 Å².